The molecule has 1 fully saturated rings. The van der Waals surface area contributed by atoms with Crippen molar-refractivity contribution in [3.63, 3.8) is 0 Å². The third-order valence-corrected chi connectivity index (χ3v) is 6.11. The van der Waals surface area contributed by atoms with Crippen LogP contribution in [0.15, 0.2) is 18.2 Å². The van der Waals surface area contributed by atoms with E-state index in [9.17, 15) is 24.0 Å². The number of anilines is 1. The predicted molar refractivity (Wildman–Crippen MR) is 133 cm³/mol. The molecule has 1 aromatic carbocycles. The highest BCUT2D eigenvalue weighted by molar-refractivity contribution is 6.06. The number of hydrogen-bond acceptors (Lipinski definition) is 6. The number of hydrogen-bond donors (Lipinski definition) is 3. The second-order valence-corrected chi connectivity index (χ2v) is 10.2. The first-order valence-corrected chi connectivity index (χ1v) is 12.6. The molecule has 0 saturated carbocycles. The number of fused-ring (bicyclic) bond motifs is 1. The number of carbonyl (C=O) groups is 5. The fourth-order valence-corrected chi connectivity index (χ4v) is 4.36. The van der Waals surface area contributed by atoms with Crippen LogP contribution in [-0.2, 0) is 25.7 Å². The molecule has 1 saturated heterocycles. The smallest absolute Gasteiger partial charge is 0.407 e. The number of amides is 5. The van der Waals surface area contributed by atoms with Gasteiger partial charge in [-0.3, -0.25) is 24.5 Å². The van der Waals surface area contributed by atoms with Crippen molar-refractivity contribution in [3.05, 3.63) is 29.3 Å². The number of piperidine rings is 1. The van der Waals surface area contributed by atoms with E-state index < -0.39 is 23.6 Å². The van der Waals surface area contributed by atoms with E-state index in [0.29, 0.717) is 36.2 Å². The van der Waals surface area contributed by atoms with E-state index in [2.05, 4.69) is 16.0 Å². The van der Waals surface area contributed by atoms with E-state index in [1.165, 1.54) is 4.90 Å². The number of nitrogens with zero attached hydrogens (tertiary/aromatic N) is 1. The molecule has 0 radical (unpaired) electrons. The number of imide groups is 1. The minimum Gasteiger partial charge on any atom is -0.444 e. The Morgan fingerprint density at radius 2 is 1.81 bits per heavy atom. The molecule has 1 unspecified atom stereocenters. The molecule has 3 N–H and O–H groups in total. The van der Waals surface area contributed by atoms with Crippen LogP contribution in [0.2, 0.25) is 0 Å². The standard InChI is InChI=1S/C26H36N4O6/c1-26(2,3)36-25(35)27-15-8-6-4-5-7-12-21(31)28-19-11-9-10-17-18(19)16-30(24(17)34)20-13-14-22(32)29-23(20)33/h9-11,20H,4-8,12-16H2,1-3H3,(H,27,35)(H,28,31)(H,29,32,33). The van der Waals surface area contributed by atoms with Crippen LogP contribution in [0.4, 0.5) is 10.5 Å². The van der Waals surface area contributed by atoms with E-state index >= 15 is 0 Å². The van der Waals surface area contributed by atoms with Crippen LogP contribution in [0.5, 0.6) is 0 Å². The topological polar surface area (TPSA) is 134 Å². The molecule has 1 atom stereocenters. The molecular weight excluding hydrogens is 464 g/mol. The summed E-state index contributed by atoms with van der Waals surface area (Å²) in [5.74, 6) is -1.18. The van der Waals surface area contributed by atoms with Crippen molar-refractivity contribution in [1.29, 1.82) is 0 Å². The van der Waals surface area contributed by atoms with Gasteiger partial charge in [0.1, 0.15) is 11.6 Å². The number of benzene rings is 1. The van der Waals surface area contributed by atoms with E-state index in [0.717, 1.165) is 32.1 Å². The highest BCUT2D eigenvalue weighted by Gasteiger charge is 2.39. The van der Waals surface area contributed by atoms with Crippen LogP contribution in [0.3, 0.4) is 0 Å². The number of unbranched alkanes of at least 4 members (excludes halogenated alkanes) is 4. The van der Waals surface area contributed by atoms with Gasteiger partial charge in [-0.1, -0.05) is 25.3 Å². The summed E-state index contributed by atoms with van der Waals surface area (Å²) in [5, 5.41) is 7.94. The summed E-state index contributed by atoms with van der Waals surface area (Å²) in [4.78, 5) is 62.2. The second-order valence-electron chi connectivity index (χ2n) is 10.2. The molecule has 10 heteroatoms. The molecule has 3 rings (SSSR count). The molecule has 2 aliphatic rings. The summed E-state index contributed by atoms with van der Waals surface area (Å²) >= 11 is 0. The van der Waals surface area contributed by atoms with Crippen LogP contribution in [-0.4, -0.2) is 52.8 Å². The maximum Gasteiger partial charge on any atom is 0.407 e. The monoisotopic (exact) mass is 500 g/mol. The third kappa shape index (κ3) is 7.53. The first-order valence-electron chi connectivity index (χ1n) is 12.6. The van der Waals surface area contributed by atoms with E-state index in [1.807, 2.05) is 20.8 Å². The fourth-order valence-electron chi connectivity index (χ4n) is 4.36. The van der Waals surface area contributed by atoms with Gasteiger partial charge in [-0.25, -0.2) is 4.79 Å². The van der Waals surface area contributed by atoms with Gasteiger partial charge in [0.05, 0.1) is 0 Å². The minimum atomic E-state index is -0.689. The molecule has 5 amide bonds. The van der Waals surface area contributed by atoms with E-state index in [1.54, 1.807) is 18.2 Å². The Labute approximate surface area is 211 Å². The number of rotatable bonds is 10. The van der Waals surface area contributed by atoms with E-state index in [4.69, 9.17) is 4.74 Å². The molecule has 2 heterocycles. The number of nitrogens with one attached hydrogen (secondary N) is 3. The summed E-state index contributed by atoms with van der Waals surface area (Å²) in [7, 11) is 0. The lowest BCUT2D eigenvalue weighted by Crippen LogP contribution is -2.52. The quantitative estimate of drug-likeness (QED) is 0.334. The van der Waals surface area contributed by atoms with Crippen molar-refractivity contribution in [2.75, 3.05) is 11.9 Å². The molecule has 2 aliphatic heterocycles. The van der Waals surface area contributed by atoms with Crippen molar-refractivity contribution in [2.45, 2.75) is 90.3 Å². The Hall–Kier alpha value is -3.43. The molecule has 196 valence electrons. The van der Waals surface area contributed by atoms with Crippen molar-refractivity contribution in [1.82, 2.24) is 15.5 Å². The highest BCUT2D eigenvalue weighted by atomic mass is 16.6. The Morgan fingerprint density at radius 1 is 1.08 bits per heavy atom. The molecule has 0 bridgehead atoms. The summed E-state index contributed by atoms with van der Waals surface area (Å²) in [6, 6.07) is 4.48. The van der Waals surface area contributed by atoms with Crippen molar-refractivity contribution in [3.8, 4) is 0 Å². The number of ether oxygens (including phenoxy) is 1. The Bertz CT molecular complexity index is 1020. The van der Waals surface area contributed by atoms with Gasteiger partial charge in [-0.15, -0.1) is 0 Å². The Balaban J connectivity index is 1.38. The zero-order valence-electron chi connectivity index (χ0n) is 21.3. The molecular formula is C26H36N4O6. The summed E-state index contributed by atoms with van der Waals surface area (Å²) < 4.78 is 5.19. The Morgan fingerprint density at radius 3 is 2.53 bits per heavy atom. The van der Waals surface area contributed by atoms with Crippen LogP contribution in [0.25, 0.3) is 0 Å². The van der Waals surface area contributed by atoms with Gasteiger partial charge in [0.15, 0.2) is 0 Å². The second kappa shape index (κ2) is 12.0. The third-order valence-electron chi connectivity index (χ3n) is 6.11. The van der Waals surface area contributed by atoms with Gasteiger partial charge in [0.25, 0.3) is 5.91 Å². The number of carbonyl (C=O) groups excluding carboxylic acids is 5. The van der Waals surface area contributed by atoms with Crippen LogP contribution in [0.1, 0.15) is 88.1 Å². The van der Waals surface area contributed by atoms with Crippen LogP contribution in [0, 0.1) is 0 Å². The first-order chi connectivity index (χ1) is 17.0. The average Bonchev–Trinajstić information content (AvgIpc) is 3.12. The maximum atomic E-state index is 12.9. The maximum absolute atomic E-state index is 12.9. The normalized spacial score (nSPS) is 17.5. The fraction of sp³-hybridized carbons (Fsp3) is 0.577. The zero-order chi connectivity index (χ0) is 26.3. The van der Waals surface area contributed by atoms with Crippen molar-refractivity contribution in [2.24, 2.45) is 0 Å². The molecule has 36 heavy (non-hydrogen) atoms. The zero-order valence-corrected chi connectivity index (χ0v) is 21.3. The SMILES string of the molecule is CC(C)(C)OC(=O)NCCCCCCCC(=O)Nc1cccc2c1CN(C1CCC(=O)NC1=O)C2=O. The predicted octanol–water partition coefficient (Wildman–Crippen LogP) is 3.25. The summed E-state index contributed by atoms with van der Waals surface area (Å²) in [6.45, 7) is 6.24. The van der Waals surface area contributed by atoms with Crippen LogP contribution >= 0.6 is 0 Å². The molecule has 0 aliphatic carbocycles. The molecule has 10 nitrogen and oxygen atoms in total. The van der Waals surface area contributed by atoms with Gasteiger partial charge in [0.2, 0.25) is 17.7 Å². The molecule has 0 spiro atoms. The summed E-state index contributed by atoms with van der Waals surface area (Å²) in [5.41, 5.74) is 1.23. The average molecular weight is 501 g/mol. The molecule has 1 aromatic rings. The lowest BCUT2D eigenvalue weighted by molar-refractivity contribution is -0.137. The van der Waals surface area contributed by atoms with Gasteiger partial charge in [-0.05, 0) is 52.2 Å². The first kappa shape index (κ1) is 27.2. The molecule has 0 aromatic heterocycles. The number of alkyl carbamates (subject to hydrolysis) is 1. The van der Waals surface area contributed by atoms with Gasteiger partial charge in [0, 0.05) is 42.7 Å². The van der Waals surface area contributed by atoms with Gasteiger partial charge in [-0.2, -0.15) is 0 Å². The van der Waals surface area contributed by atoms with Crippen LogP contribution < -0.4 is 16.0 Å². The van der Waals surface area contributed by atoms with Gasteiger partial charge < -0.3 is 20.3 Å². The summed E-state index contributed by atoms with van der Waals surface area (Å²) in [6.07, 6.45) is 4.83. The van der Waals surface area contributed by atoms with Crippen molar-refractivity contribution >= 4 is 35.4 Å². The van der Waals surface area contributed by atoms with E-state index in [-0.39, 0.29) is 30.7 Å². The van der Waals surface area contributed by atoms with Crippen molar-refractivity contribution < 1.29 is 28.7 Å². The minimum absolute atomic E-state index is 0.123. The lowest BCUT2D eigenvalue weighted by Gasteiger charge is -2.29. The lowest BCUT2D eigenvalue weighted by atomic mass is 10.0. The largest absolute Gasteiger partial charge is 0.444 e. The Kier molecular flexibility index (Phi) is 9.06. The highest BCUT2D eigenvalue weighted by Crippen LogP contribution is 2.32. The van der Waals surface area contributed by atoms with Gasteiger partial charge >= 0.3 is 6.09 Å².